The molecule has 36 heavy (non-hydrogen) atoms. The van der Waals surface area contributed by atoms with Crippen LogP contribution in [0.1, 0.15) is 24.0 Å². The normalized spacial score (nSPS) is 14.4. The van der Waals surface area contributed by atoms with Crippen molar-refractivity contribution in [2.45, 2.75) is 25.9 Å². The first-order chi connectivity index (χ1) is 17.4. The molecular weight excluding hydrogens is 489 g/mol. The van der Waals surface area contributed by atoms with Gasteiger partial charge in [0.1, 0.15) is 22.2 Å². The van der Waals surface area contributed by atoms with Gasteiger partial charge in [0.05, 0.1) is 12.1 Å². The Bertz CT molecular complexity index is 1460. The zero-order chi connectivity index (χ0) is 25.2. The molecule has 1 saturated heterocycles. The van der Waals surface area contributed by atoms with Crippen molar-refractivity contribution < 1.29 is 18.0 Å². The Balaban J connectivity index is 1.30. The Labute approximate surface area is 209 Å². The van der Waals surface area contributed by atoms with Gasteiger partial charge in [-0.25, -0.2) is 18.2 Å². The number of piperidine rings is 1. The number of anilines is 1. The summed E-state index contributed by atoms with van der Waals surface area (Å²) >= 11 is 1.33. The number of hydrogen-bond acceptors (Lipinski definition) is 5. The van der Waals surface area contributed by atoms with Crippen LogP contribution in [0.3, 0.4) is 0 Å². The largest absolute Gasteiger partial charge is 0.352 e. The van der Waals surface area contributed by atoms with Crippen molar-refractivity contribution >= 4 is 33.4 Å². The van der Waals surface area contributed by atoms with E-state index >= 15 is 0 Å². The lowest BCUT2D eigenvalue weighted by Crippen LogP contribution is -2.43. The molecule has 3 heterocycles. The summed E-state index contributed by atoms with van der Waals surface area (Å²) in [6.07, 6.45) is 1.07. The highest BCUT2D eigenvalue weighted by atomic mass is 32.1. The van der Waals surface area contributed by atoms with E-state index in [1.54, 1.807) is 16.7 Å². The van der Waals surface area contributed by atoms with Gasteiger partial charge in [0.25, 0.3) is 5.56 Å². The molecule has 1 aliphatic rings. The smallest absolute Gasteiger partial charge is 0.273 e. The third-order valence-electron chi connectivity index (χ3n) is 6.42. The van der Waals surface area contributed by atoms with E-state index in [2.05, 4.69) is 5.32 Å². The molecule has 0 bridgehead atoms. The van der Waals surface area contributed by atoms with Gasteiger partial charge in [-0.05, 0) is 48.1 Å². The Kier molecular flexibility index (Phi) is 6.77. The molecule has 1 aliphatic heterocycles. The average molecular weight is 513 g/mol. The fourth-order valence-electron chi connectivity index (χ4n) is 4.42. The molecule has 0 aliphatic carbocycles. The van der Waals surface area contributed by atoms with Gasteiger partial charge in [-0.3, -0.25) is 14.2 Å². The third kappa shape index (κ3) is 4.99. The second-order valence-corrected chi connectivity index (χ2v) is 9.70. The monoisotopic (exact) mass is 512 g/mol. The Morgan fingerprint density at radius 3 is 2.47 bits per heavy atom. The van der Waals surface area contributed by atoms with Gasteiger partial charge < -0.3 is 10.2 Å². The van der Waals surface area contributed by atoms with E-state index in [1.165, 1.54) is 29.5 Å². The number of carbonyl (C=O) groups excluding carboxylic acids is 1. The van der Waals surface area contributed by atoms with Crippen molar-refractivity contribution in [3.63, 3.8) is 0 Å². The maximum atomic E-state index is 13.9. The lowest BCUT2D eigenvalue weighted by molar-refractivity contribution is -0.125. The zero-order valence-electron chi connectivity index (χ0n) is 19.2. The number of rotatable bonds is 6. The van der Waals surface area contributed by atoms with Crippen LogP contribution in [-0.4, -0.2) is 28.5 Å². The summed E-state index contributed by atoms with van der Waals surface area (Å²) in [5.74, 6) is -1.65. The molecule has 0 saturated carbocycles. The van der Waals surface area contributed by atoms with Crippen molar-refractivity contribution in [3.8, 4) is 0 Å². The first-order valence-corrected chi connectivity index (χ1v) is 12.5. The van der Waals surface area contributed by atoms with Crippen LogP contribution in [0.2, 0.25) is 0 Å². The Morgan fingerprint density at radius 2 is 1.75 bits per heavy atom. The summed E-state index contributed by atoms with van der Waals surface area (Å²) in [5, 5.41) is 4.57. The first kappa shape index (κ1) is 24.1. The maximum Gasteiger partial charge on any atom is 0.273 e. The fourth-order valence-corrected chi connectivity index (χ4v) is 5.20. The van der Waals surface area contributed by atoms with Crippen LogP contribution in [0.25, 0.3) is 10.2 Å². The predicted molar refractivity (Wildman–Crippen MR) is 133 cm³/mol. The highest BCUT2D eigenvalue weighted by Crippen LogP contribution is 2.25. The number of carbonyl (C=O) groups is 1. The van der Waals surface area contributed by atoms with E-state index in [-0.39, 0.29) is 41.9 Å². The number of amides is 1. The van der Waals surface area contributed by atoms with Gasteiger partial charge in [0.15, 0.2) is 0 Å². The lowest BCUT2D eigenvalue weighted by Gasteiger charge is -2.33. The van der Waals surface area contributed by atoms with E-state index in [0.717, 1.165) is 17.7 Å². The summed E-state index contributed by atoms with van der Waals surface area (Å²) in [5.41, 5.74) is 1.46. The van der Waals surface area contributed by atoms with E-state index in [0.29, 0.717) is 42.1 Å². The molecule has 2 aromatic carbocycles. The van der Waals surface area contributed by atoms with Crippen molar-refractivity contribution in [1.29, 1.82) is 0 Å². The molecule has 4 aromatic rings. The highest BCUT2D eigenvalue weighted by Gasteiger charge is 2.28. The quantitative estimate of drug-likeness (QED) is 0.415. The lowest BCUT2D eigenvalue weighted by atomic mass is 9.96. The van der Waals surface area contributed by atoms with Crippen LogP contribution in [0.5, 0.6) is 0 Å². The minimum atomic E-state index is -0.695. The van der Waals surface area contributed by atoms with Crippen LogP contribution >= 0.6 is 11.3 Å². The number of nitrogens with zero attached hydrogens (tertiary/aromatic N) is 3. The summed E-state index contributed by atoms with van der Waals surface area (Å²) in [7, 11) is 0. The first-order valence-electron chi connectivity index (χ1n) is 11.6. The molecule has 0 unspecified atom stereocenters. The van der Waals surface area contributed by atoms with Crippen LogP contribution in [0.4, 0.5) is 19.1 Å². The summed E-state index contributed by atoms with van der Waals surface area (Å²) in [6.45, 7) is 1.25. The van der Waals surface area contributed by atoms with Gasteiger partial charge in [-0.15, -0.1) is 11.3 Å². The summed E-state index contributed by atoms with van der Waals surface area (Å²) in [4.78, 5) is 32.7. The predicted octanol–water partition coefficient (Wildman–Crippen LogP) is 4.46. The summed E-state index contributed by atoms with van der Waals surface area (Å²) in [6, 6.07) is 11.1. The second-order valence-electron chi connectivity index (χ2n) is 8.78. The average Bonchev–Trinajstić information content (AvgIpc) is 3.35. The van der Waals surface area contributed by atoms with Crippen molar-refractivity contribution in [2.75, 3.05) is 18.0 Å². The molecule has 0 atom stereocenters. The minimum Gasteiger partial charge on any atom is -0.352 e. The molecule has 5 rings (SSSR count). The Hall–Kier alpha value is -3.66. The fraction of sp³-hybridized carbons (Fsp3) is 0.269. The number of fused-ring (bicyclic) bond motifs is 1. The SMILES string of the molecule is O=C(NCc1ccc(F)cc1F)C1CCN(c2nc3ccsc3c(=O)n2Cc2ccc(F)cc2)CC1. The van der Waals surface area contributed by atoms with Gasteiger partial charge in [0, 0.05) is 37.2 Å². The molecule has 10 heteroatoms. The number of hydrogen-bond donors (Lipinski definition) is 1. The van der Waals surface area contributed by atoms with Gasteiger partial charge in [-0.2, -0.15) is 0 Å². The van der Waals surface area contributed by atoms with Gasteiger partial charge in [0.2, 0.25) is 11.9 Å². The van der Waals surface area contributed by atoms with Crippen molar-refractivity contribution in [3.05, 3.63) is 92.8 Å². The van der Waals surface area contributed by atoms with Crippen LogP contribution < -0.4 is 15.8 Å². The maximum absolute atomic E-state index is 13.9. The van der Waals surface area contributed by atoms with Crippen molar-refractivity contribution in [2.24, 2.45) is 5.92 Å². The second kappa shape index (κ2) is 10.1. The number of nitrogens with one attached hydrogen (secondary N) is 1. The zero-order valence-corrected chi connectivity index (χ0v) is 20.0. The topological polar surface area (TPSA) is 67.2 Å². The third-order valence-corrected chi connectivity index (χ3v) is 7.31. The number of aromatic nitrogens is 2. The molecule has 0 radical (unpaired) electrons. The Morgan fingerprint density at radius 1 is 1.03 bits per heavy atom. The molecule has 0 spiro atoms. The number of thiophene rings is 1. The summed E-state index contributed by atoms with van der Waals surface area (Å²) < 4.78 is 42.5. The van der Waals surface area contributed by atoms with Crippen LogP contribution in [0, 0.1) is 23.4 Å². The molecule has 1 amide bonds. The van der Waals surface area contributed by atoms with Gasteiger partial charge in [-0.1, -0.05) is 18.2 Å². The molecule has 1 fully saturated rings. The molecule has 2 aromatic heterocycles. The molecule has 186 valence electrons. The minimum absolute atomic E-state index is 0.0151. The number of halogens is 3. The van der Waals surface area contributed by atoms with E-state index in [1.807, 2.05) is 16.3 Å². The van der Waals surface area contributed by atoms with E-state index < -0.39 is 11.6 Å². The van der Waals surface area contributed by atoms with Crippen LogP contribution in [-0.2, 0) is 17.9 Å². The van der Waals surface area contributed by atoms with E-state index in [9.17, 15) is 22.8 Å². The standard InChI is InChI=1S/C26H23F3N4O2S/c27-19-4-1-16(2-5-19)15-33-25(35)23-22(9-12-36-23)31-26(33)32-10-7-17(8-11-32)24(34)30-14-18-3-6-20(28)13-21(18)29/h1-6,9,12-13,17H,7-8,10-11,14-15H2,(H,30,34). The van der Waals surface area contributed by atoms with Crippen LogP contribution in [0.15, 0.2) is 58.7 Å². The number of benzene rings is 2. The highest BCUT2D eigenvalue weighted by molar-refractivity contribution is 7.17. The van der Waals surface area contributed by atoms with Crippen molar-refractivity contribution in [1.82, 2.24) is 14.9 Å². The van der Waals surface area contributed by atoms with Gasteiger partial charge >= 0.3 is 0 Å². The molecule has 6 nitrogen and oxygen atoms in total. The molecule has 1 N–H and O–H groups in total. The molecular formula is C26H23F3N4O2S. The van der Waals surface area contributed by atoms with E-state index in [4.69, 9.17) is 4.98 Å².